The van der Waals surface area contributed by atoms with Gasteiger partial charge in [-0.2, -0.15) is 0 Å². The minimum absolute atomic E-state index is 0.0992. The molecule has 4 rings (SSSR count). The Bertz CT molecular complexity index is 1190. The number of aliphatic hydroxyl groups excluding tert-OH is 1. The first-order valence-electron chi connectivity index (χ1n) is 13.0. The number of hydrogen-bond acceptors (Lipinski definition) is 6. The number of hydrogen-bond donors (Lipinski definition) is 3. The Hall–Kier alpha value is -3.65. The number of rotatable bonds is 12. The second-order valence-electron chi connectivity index (χ2n) is 9.61. The normalized spacial score (nSPS) is 17.8. The first-order chi connectivity index (χ1) is 18.5. The number of aliphatic hydroxyl groups is 1. The van der Waals surface area contributed by atoms with Crippen LogP contribution in [-0.2, 0) is 17.8 Å². The van der Waals surface area contributed by atoms with Gasteiger partial charge in [0.1, 0.15) is 12.4 Å². The van der Waals surface area contributed by atoms with Crippen LogP contribution in [0, 0.1) is 0 Å². The number of nitrogens with two attached hydrogens (primary N) is 1. The first kappa shape index (κ1) is 27.4. The summed E-state index contributed by atoms with van der Waals surface area (Å²) in [6.45, 7) is 4.72. The van der Waals surface area contributed by atoms with Crippen LogP contribution in [0.25, 0.3) is 0 Å². The summed E-state index contributed by atoms with van der Waals surface area (Å²) in [5.74, 6) is 0.736. The summed E-state index contributed by atoms with van der Waals surface area (Å²) in [5, 5.41) is 14.3. The molecule has 3 aromatic carbocycles. The van der Waals surface area contributed by atoms with Crippen LogP contribution in [0.4, 0.5) is 4.79 Å². The number of carbonyl (C=O) groups is 1. The summed E-state index contributed by atoms with van der Waals surface area (Å²) in [6.07, 6.45) is 1.79. The third-order valence-electron chi connectivity index (χ3n) is 7.01. The topological polar surface area (TPSA) is 97.0 Å². The summed E-state index contributed by atoms with van der Waals surface area (Å²) < 4.78 is 11.2. The number of benzene rings is 3. The van der Waals surface area contributed by atoms with Crippen LogP contribution in [-0.4, -0.2) is 48.4 Å². The minimum Gasteiger partial charge on any atom is -0.497 e. The number of ether oxygens (including phenoxy) is 2. The summed E-state index contributed by atoms with van der Waals surface area (Å²) in [7, 11) is 1.63. The van der Waals surface area contributed by atoms with Crippen LogP contribution >= 0.6 is 0 Å². The summed E-state index contributed by atoms with van der Waals surface area (Å²) in [4.78, 5) is 14.9. The molecule has 0 spiro atoms. The van der Waals surface area contributed by atoms with E-state index in [1.807, 2.05) is 78.9 Å². The SMILES string of the molecule is C=CCN(C(=O)OCc1ccccc1)[C@@H]1C[C@H](NCC(O)C(N)Cc2ccccc2)c2cc(OC)ccc21. The predicted molar refractivity (Wildman–Crippen MR) is 149 cm³/mol. The van der Waals surface area contributed by atoms with Gasteiger partial charge in [-0.1, -0.05) is 72.8 Å². The molecule has 0 saturated carbocycles. The van der Waals surface area contributed by atoms with Gasteiger partial charge in [0.2, 0.25) is 0 Å². The van der Waals surface area contributed by atoms with Crippen molar-refractivity contribution in [1.82, 2.24) is 10.2 Å². The molecule has 4 atom stereocenters. The van der Waals surface area contributed by atoms with Gasteiger partial charge >= 0.3 is 6.09 Å². The van der Waals surface area contributed by atoms with Crippen molar-refractivity contribution in [3.05, 3.63) is 114 Å². The van der Waals surface area contributed by atoms with Crippen molar-refractivity contribution in [2.75, 3.05) is 20.2 Å². The highest BCUT2D eigenvalue weighted by atomic mass is 16.6. The van der Waals surface area contributed by atoms with Gasteiger partial charge in [0, 0.05) is 25.2 Å². The Morgan fingerprint density at radius 1 is 1.11 bits per heavy atom. The van der Waals surface area contributed by atoms with E-state index in [1.54, 1.807) is 18.1 Å². The van der Waals surface area contributed by atoms with E-state index in [-0.39, 0.29) is 18.7 Å². The van der Waals surface area contributed by atoms with Crippen molar-refractivity contribution in [1.29, 1.82) is 0 Å². The second-order valence-corrected chi connectivity index (χ2v) is 9.61. The third kappa shape index (κ3) is 6.81. The number of nitrogens with zero attached hydrogens (tertiary/aromatic N) is 1. The molecule has 0 heterocycles. The molecule has 7 nitrogen and oxygen atoms in total. The van der Waals surface area contributed by atoms with Gasteiger partial charge in [-0.25, -0.2) is 4.79 Å². The van der Waals surface area contributed by atoms with E-state index in [9.17, 15) is 9.90 Å². The van der Waals surface area contributed by atoms with E-state index in [0.29, 0.717) is 25.9 Å². The zero-order valence-electron chi connectivity index (χ0n) is 21.8. The maximum Gasteiger partial charge on any atom is 0.410 e. The smallest absolute Gasteiger partial charge is 0.410 e. The highest BCUT2D eigenvalue weighted by Gasteiger charge is 2.37. The monoisotopic (exact) mass is 515 g/mol. The van der Waals surface area contributed by atoms with Crippen molar-refractivity contribution >= 4 is 6.09 Å². The van der Waals surface area contributed by atoms with Crippen LogP contribution in [0.5, 0.6) is 5.75 Å². The number of methoxy groups -OCH3 is 1. The molecule has 7 heteroatoms. The standard InChI is InChI=1S/C31H37N3O4/c1-3-16-34(31(36)38-21-23-12-8-5-9-13-23)29-19-28(26-18-24(37-2)14-15-25(26)29)33-20-30(35)27(32)17-22-10-6-4-7-11-22/h3-15,18,27-30,33,35H,1,16-17,19-21,32H2,2H3/t27?,28-,29+,30?/m0/s1. The molecule has 0 saturated heterocycles. The fourth-order valence-corrected chi connectivity index (χ4v) is 4.96. The average Bonchev–Trinajstić information content (AvgIpc) is 3.31. The maximum absolute atomic E-state index is 13.2. The molecule has 200 valence electrons. The lowest BCUT2D eigenvalue weighted by Gasteiger charge is -2.28. The summed E-state index contributed by atoms with van der Waals surface area (Å²) in [6, 6.07) is 24.7. The molecule has 0 radical (unpaired) electrons. The summed E-state index contributed by atoms with van der Waals surface area (Å²) >= 11 is 0. The van der Waals surface area contributed by atoms with Crippen molar-refractivity contribution in [3.8, 4) is 5.75 Å². The highest BCUT2D eigenvalue weighted by Crippen LogP contribution is 2.44. The lowest BCUT2D eigenvalue weighted by molar-refractivity contribution is 0.0829. The average molecular weight is 516 g/mol. The summed E-state index contributed by atoms with van der Waals surface area (Å²) in [5.41, 5.74) is 10.4. The second kappa shape index (κ2) is 13.2. The number of amides is 1. The molecule has 2 unspecified atom stereocenters. The maximum atomic E-state index is 13.2. The van der Waals surface area contributed by atoms with E-state index in [0.717, 1.165) is 28.0 Å². The van der Waals surface area contributed by atoms with Crippen LogP contribution in [0.1, 0.15) is 40.8 Å². The molecule has 0 aliphatic heterocycles. The molecule has 1 aliphatic rings. The van der Waals surface area contributed by atoms with Gasteiger partial charge in [-0.05, 0) is 47.2 Å². The Morgan fingerprint density at radius 3 is 2.45 bits per heavy atom. The van der Waals surface area contributed by atoms with Crippen molar-refractivity contribution in [2.24, 2.45) is 5.73 Å². The fraction of sp³-hybridized carbons (Fsp3) is 0.323. The van der Waals surface area contributed by atoms with Gasteiger partial charge in [-0.15, -0.1) is 6.58 Å². The zero-order chi connectivity index (χ0) is 26.9. The van der Waals surface area contributed by atoms with Crippen LogP contribution in [0.2, 0.25) is 0 Å². The third-order valence-corrected chi connectivity index (χ3v) is 7.01. The van der Waals surface area contributed by atoms with Gasteiger partial charge in [0.15, 0.2) is 0 Å². The minimum atomic E-state index is -0.733. The molecule has 4 N–H and O–H groups in total. The van der Waals surface area contributed by atoms with E-state index in [2.05, 4.69) is 11.9 Å². The van der Waals surface area contributed by atoms with Crippen molar-refractivity contribution in [3.63, 3.8) is 0 Å². The Balaban J connectivity index is 1.46. The molecule has 38 heavy (non-hydrogen) atoms. The van der Waals surface area contributed by atoms with Gasteiger partial charge in [0.25, 0.3) is 0 Å². The lowest BCUT2D eigenvalue weighted by atomic mass is 10.0. The van der Waals surface area contributed by atoms with Crippen LogP contribution in [0.15, 0.2) is 91.5 Å². The van der Waals surface area contributed by atoms with Crippen LogP contribution < -0.4 is 15.8 Å². The quantitative estimate of drug-likeness (QED) is 0.307. The van der Waals surface area contributed by atoms with Crippen molar-refractivity contribution < 1.29 is 19.4 Å². The Morgan fingerprint density at radius 2 is 1.79 bits per heavy atom. The molecule has 1 aliphatic carbocycles. The van der Waals surface area contributed by atoms with Crippen molar-refractivity contribution in [2.45, 2.75) is 43.7 Å². The molecular weight excluding hydrogens is 478 g/mol. The molecule has 1 amide bonds. The Labute approximate surface area is 224 Å². The van der Waals surface area contributed by atoms with E-state index >= 15 is 0 Å². The predicted octanol–water partition coefficient (Wildman–Crippen LogP) is 4.53. The largest absolute Gasteiger partial charge is 0.497 e. The van der Waals surface area contributed by atoms with E-state index in [4.69, 9.17) is 15.2 Å². The van der Waals surface area contributed by atoms with Gasteiger partial charge in [0.05, 0.1) is 19.3 Å². The fourth-order valence-electron chi connectivity index (χ4n) is 4.96. The molecule has 0 bridgehead atoms. The number of carbonyl (C=O) groups excluding carboxylic acids is 1. The lowest BCUT2D eigenvalue weighted by Crippen LogP contribution is -2.43. The first-order valence-corrected chi connectivity index (χ1v) is 13.0. The number of fused-ring (bicyclic) bond motifs is 1. The molecule has 3 aromatic rings. The van der Waals surface area contributed by atoms with Gasteiger partial charge in [-0.3, -0.25) is 4.90 Å². The Kier molecular flexibility index (Phi) is 9.54. The molecule has 0 fully saturated rings. The highest BCUT2D eigenvalue weighted by molar-refractivity contribution is 5.69. The van der Waals surface area contributed by atoms with E-state index < -0.39 is 18.2 Å². The van der Waals surface area contributed by atoms with Crippen LogP contribution in [0.3, 0.4) is 0 Å². The molecule has 0 aromatic heterocycles. The molecular formula is C31H37N3O4. The van der Waals surface area contributed by atoms with Gasteiger partial charge < -0.3 is 25.6 Å². The van der Waals surface area contributed by atoms with E-state index in [1.165, 1.54) is 0 Å². The zero-order valence-corrected chi connectivity index (χ0v) is 21.8. The number of nitrogens with one attached hydrogen (secondary N) is 1.